The molecule has 5 heteroatoms. The first-order valence-corrected chi connectivity index (χ1v) is 6.23. The Morgan fingerprint density at radius 3 is 2.79 bits per heavy atom. The Bertz CT molecular complexity index is 584. The molecule has 1 aromatic carbocycles. The number of hydrogen-bond donors (Lipinski definition) is 1. The fourth-order valence-corrected chi connectivity index (χ4v) is 2.07. The van der Waals surface area contributed by atoms with Crippen LogP contribution in [0.2, 0.25) is 0 Å². The van der Waals surface area contributed by atoms with Crippen molar-refractivity contribution in [1.29, 1.82) is 0 Å². The zero-order chi connectivity index (χ0) is 14.0. The third-order valence-electron chi connectivity index (χ3n) is 2.88. The number of benzene rings is 1. The summed E-state index contributed by atoms with van der Waals surface area (Å²) >= 11 is 0. The van der Waals surface area contributed by atoms with Gasteiger partial charge in [-0.25, -0.2) is 4.98 Å². The fraction of sp³-hybridized carbons (Fsp3) is 0.429. The monoisotopic (exact) mass is 261 g/mol. The van der Waals surface area contributed by atoms with Gasteiger partial charge >= 0.3 is 0 Å². The summed E-state index contributed by atoms with van der Waals surface area (Å²) in [7, 11) is 1.69. The molecule has 0 saturated heterocycles. The van der Waals surface area contributed by atoms with Crippen molar-refractivity contribution in [2.45, 2.75) is 26.0 Å². The highest BCUT2D eigenvalue weighted by atomic mass is 16.3. The molecule has 0 aliphatic carbocycles. The summed E-state index contributed by atoms with van der Waals surface area (Å²) in [6.45, 7) is 3.90. The van der Waals surface area contributed by atoms with Gasteiger partial charge in [0.05, 0.1) is 23.0 Å². The van der Waals surface area contributed by atoms with Gasteiger partial charge < -0.3 is 14.6 Å². The summed E-state index contributed by atoms with van der Waals surface area (Å²) in [5.41, 5.74) is 0.925. The molecular formula is C14H19N3O2. The van der Waals surface area contributed by atoms with Crippen molar-refractivity contribution >= 4 is 16.9 Å². The van der Waals surface area contributed by atoms with E-state index >= 15 is 0 Å². The van der Waals surface area contributed by atoms with Crippen LogP contribution in [0.3, 0.4) is 0 Å². The number of rotatable bonds is 4. The molecule has 1 aromatic heterocycles. The standard InChI is InChI=1S/C14H19N3O2/c1-14(2,19)9-16(3)13(18)8-17-10-15-11-6-4-5-7-12(11)17/h4-7,10,19H,8-9H2,1-3H3. The van der Waals surface area contributed by atoms with Crippen LogP contribution < -0.4 is 0 Å². The third-order valence-corrected chi connectivity index (χ3v) is 2.88. The minimum atomic E-state index is -0.887. The topological polar surface area (TPSA) is 58.4 Å². The maximum Gasteiger partial charge on any atom is 0.242 e. The van der Waals surface area contributed by atoms with Gasteiger partial charge in [-0.15, -0.1) is 0 Å². The molecule has 0 spiro atoms. The van der Waals surface area contributed by atoms with Crippen molar-refractivity contribution in [2.24, 2.45) is 0 Å². The smallest absolute Gasteiger partial charge is 0.242 e. The van der Waals surface area contributed by atoms with Crippen LogP contribution in [0, 0.1) is 0 Å². The highest BCUT2D eigenvalue weighted by molar-refractivity contribution is 5.80. The van der Waals surface area contributed by atoms with E-state index in [0.29, 0.717) is 6.54 Å². The molecule has 1 amide bonds. The predicted molar refractivity (Wildman–Crippen MR) is 73.7 cm³/mol. The summed E-state index contributed by atoms with van der Waals surface area (Å²) in [4.78, 5) is 17.9. The minimum Gasteiger partial charge on any atom is -0.389 e. The minimum absolute atomic E-state index is 0.0507. The fourth-order valence-electron chi connectivity index (χ4n) is 2.07. The van der Waals surface area contributed by atoms with Crippen molar-refractivity contribution in [3.8, 4) is 0 Å². The van der Waals surface area contributed by atoms with Crippen LogP contribution in [0.1, 0.15) is 13.8 Å². The zero-order valence-corrected chi connectivity index (χ0v) is 11.5. The quantitative estimate of drug-likeness (QED) is 0.901. The SMILES string of the molecule is CN(CC(C)(C)O)C(=O)Cn1cnc2ccccc21. The van der Waals surface area contributed by atoms with Crippen molar-refractivity contribution in [1.82, 2.24) is 14.5 Å². The lowest BCUT2D eigenvalue weighted by Crippen LogP contribution is -2.41. The summed E-state index contributed by atoms with van der Waals surface area (Å²) < 4.78 is 1.82. The molecule has 2 rings (SSSR count). The first-order chi connectivity index (χ1) is 8.87. The first kappa shape index (κ1) is 13.5. The predicted octanol–water partition coefficient (Wildman–Crippen LogP) is 1.27. The largest absolute Gasteiger partial charge is 0.389 e. The van der Waals surface area contributed by atoms with Crippen LogP contribution in [-0.2, 0) is 11.3 Å². The van der Waals surface area contributed by atoms with Gasteiger partial charge in [0, 0.05) is 13.6 Å². The van der Waals surface area contributed by atoms with E-state index in [4.69, 9.17) is 0 Å². The van der Waals surface area contributed by atoms with Gasteiger partial charge in [0.25, 0.3) is 0 Å². The molecule has 0 fully saturated rings. The highest BCUT2D eigenvalue weighted by Crippen LogP contribution is 2.12. The number of aromatic nitrogens is 2. The molecule has 1 N–H and O–H groups in total. The normalized spacial score (nSPS) is 11.8. The van der Waals surface area contributed by atoms with Gasteiger partial charge in [0.1, 0.15) is 6.54 Å². The van der Waals surface area contributed by atoms with E-state index in [1.807, 2.05) is 28.8 Å². The van der Waals surface area contributed by atoms with E-state index in [1.165, 1.54) is 4.90 Å². The molecule has 0 bridgehead atoms. The van der Waals surface area contributed by atoms with Crippen molar-refractivity contribution in [3.63, 3.8) is 0 Å². The number of fused-ring (bicyclic) bond motifs is 1. The second-order valence-electron chi connectivity index (χ2n) is 5.42. The molecule has 5 nitrogen and oxygen atoms in total. The molecule has 0 aliphatic heterocycles. The van der Waals surface area contributed by atoms with E-state index in [0.717, 1.165) is 11.0 Å². The Labute approximate surface area is 112 Å². The lowest BCUT2D eigenvalue weighted by atomic mass is 10.1. The number of carbonyl (C=O) groups is 1. The van der Waals surface area contributed by atoms with Crippen LogP contribution >= 0.6 is 0 Å². The zero-order valence-electron chi connectivity index (χ0n) is 11.5. The van der Waals surface area contributed by atoms with Crippen molar-refractivity contribution < 1.29 is 9.90 Å². The molecule has 1 heterocycles. The van der Waals surface area contributed by atoms with Gasteiger partial charge in [-0.2, -0.15) is 0 Å². The lowest BCUT2D eigenvalue weighted by molar-refractivity contribution is -0.133. The van der Waals surface area contributed by atoms with Crippen LogP contribution in [0.15, 0.2) is 30.6 Å². The maximum atomic E-state index is 12.1. The number of likely N-dealkylation sites (N-methyl/N-ethyl adjacent to an activating group) is 1. The van der Waals surface area contributed by atoms with E-state index < -0.39 is 5.60 Å². The molecular weight excluding hydrogens is 242 g/mol. The number of imidazole rings is 1. The van der Waals surface area contributed by atoms with E-state index in [-0.39, 0.29) is 12.5 Å². The second-order valence-corrected chi connectivity index (χ2v) is 5.42. The van der Waals surface area contributed by atoms with Crippen molar-refractivity contribution in [2.75, 3.05) is 13.6 Å². The summed E-state index contributed by atoms with van der Waals surface area (Å²) in [6.07, 6.45) is 1.67. The average Bonchev–Trinajstić information content (AvgIpc) is 2.70. The molecule has 0 aliphatic rings. The lowest BCUT2D eigenvalue weighted by Gasteiger charge is -2.25. The highest BCUT2D eigenvalue weighted by Gasteiger charge is 2.19. The van der Waals surface area contributed by atoms with Gasteiger partial charge in [-0.3, -0.25) is 4.79 Å². The second kappa shape index (κ2) is 5.01. The number of aliphatic hydroxyl groups is 1. The maximum absolute atomic E-state index is 12.1. The van der Waals surface area contributed by atoms with E-state index in [2.05, 4.69) is 4.98 Å². The summed E-state index contributed by atoms with van der Waals surface area (Å²) in [6, 6.07) is 7.69. The van der Waals surface area contributed by atoms with Gasteiger partial charge in [0.15, 0.2) is 0 Å². The number of hydrogen-bond acceptors (Lipinski definition) is 3. The molecule has 19 heavy (non-hydrogen) atoms. The van der Waals surface area contributed by atoms with Crippen LogP contribution in [0.4, 0.5) is 0 Å². The number of carbonyl (C=O) groups excluding carboxylic acids is 1. The molecule has 0 atom stereocenters. The molecule has 0 saturated carbocycles. The van der Waals surface area contributed by atoms with E-state index in [1.54, 1.807) is 27.2 Å². The molecule has 0 unspecified atom stereocenters. The molecule has 0 radical (unpaired) electrons. The molecule has 102 valence electrons. The Balaban J connectivity index is 2.11. The summed E-state index contributed by atoms with van der Waals surface area (Å²) in [5, 5.41) is 9.72. The first-order valence-electron chi connectivity index (χ1n) is 6.23. The van der Waals surface area contributed by atoms with Gasteiger partial charge in [-0.05, 0) is 26.0 Å². The Hall–Kier alpha value is -1.88. The number of nitrogens with zero attached hydrogens (tertiary/aromatic N) is 3. The Morgan fingerprint density at radius 2 is 2.11 bits per heavy atom. The number of para-hydroxylation sites is 2. The average molecular weight is 261 g/mol. The van der Waals surface area contributed by atoms with Crippen LogP contribution in [0.5, 0.6) is 0 Å². The van der Waals surface area contributed by atoms with Crippen LogP contribution in [-0.4, -0.2) is 44.7 Å². The number of amides is 1. The molecule has 2 aromatic rings. The Morgan fingerprint density at radius 1 is 1.42 bits per heavy atom. The van der Waals surface area contributed by atoms with Crippen LogP contribution in [0.25, 0.3) is 11.0 Å². The third kappa shape index (κ3) is 3.32. The van der Waals surface area contributed by atoms with Crippen molar-refractivity contribution in [3.05, 3.63) is 30.6 Å². The van der Waals surface area contributed by atoms with Gasteiger partial charge in [0.2, 0.25) is 5.91 Å². The van der Waals surface area contributed by atoms with E-state index in [9.17, 15) is 9.90 Å². The summed E-state index contributed by atoms with van der Waals surface area (Å²) in [5.74, 6) is -0.0507. The Kier molecular flexibility index (Phi) is 3.57. The van der Waals surface area contributed by atoms with Gasteiger partial charge in [-0.1, -0.05) is 12.1 Å².